The van der Waals surface area contributed by atoms with Crippen molar-refractivity contribution in [1.82, 2.24) is 10.2 Å². The summed E-state index contributed by atoms with van der Waals surface area (Å²) < 4.78 is 15.9. The summed E-state index contributed by atoms with van der Waals surface area (Å²) in [5.41, 5.74) is 1.18. The molecule has 2 aliphatic heterocycles. The molecule has 5 rings (SSSR count). The lowest BCUT2D eigenvalue weighted by Gasteiger charge is -2.22. The van der Waals surface area contributed by atoms with E-state index < -0.39 is 11.6 Å². The number of carbonyl (C=O) groups is 3. The minimum atomic E-state index is -1.23. The highest BCUT2D eigenvalue weighted by atomic mass is 16.7. The highest BCUT2D eigenvalue weighted by molar-refractivity contribution is 6.07. The van der Waals surface area contributed by atoms with Crippen LogP contribution in [0.25, 0.3) is 0 Å². The van der Waals surface area contributed by atoms with Gasteiger partial charge >= 0.3 is 6.03 Å². The fourth-order valence-corrected chi connectivity index (χ4v) is 4.07. The number of carbonyl (C=O) groups excluding carboxylic acids is 3. The molecular weight excluding hydrogens is 450 g/mol. The van der Waals surface area contributed by atoms with Crippen LogP contribution in [0.3, 0.4) is 0 Å². The zero-order valence-electron chi connectivity index (χ0n) is 19.2. The third-order valence-corrected chi connectivity index (χ3v) is 6.13. The molecule has 178 valence electrons. The highest BCUT2D eigenvalue weighted by Crippen LogP contribution is 2.38. The van der Waals surface area contributed by atoms with Crippen molar-refractivity contribution in [3.63, 3.8) is 0 Å². The monoisotopic (exact) mass is 473 g/mol. The normalized spacial score (nSPS) is 18.4. The minimum absolute atomic E-state index is 0.0746. The van der Waals surface area contributed by atoms with E-state index in [2.05, 4.69) is 10.6 Å². The van der Waals surface area contributed by atoms with E-state index in [9.17, 15) is 14.4 Å². The van der Waals surface area contributed by atoms with Gasteiger partial charge in [-0.1, -0.05) is 18.2 Å². The second kappa shape index (κ2) is 8.68. The number of fused-ring (bicyclic) bond motifs is 1. The summed E-state index contributed by atoms with van der Waals surface area (Å²) in [6.07, 6.45) is 0. The van der Waals surface area contributed by atoms with Gasteiger partial charge in [0.15, 0.2) is 11.5 Å². The molecule has 0 aliphatic carbocycles. The summed E-state index contributed by atoms with van der Waals surface area (Å²) in [5.74, 6) is 1.19. The molecule has 2 heterocycles. The van der Waals surface area contributed by atoms with Gasteiger partial charge in [-0.3, -0.25) is 14.5 Å². The van der Waals surface area contributed by atoms with Crippen molar-refractivity contribution < 1.29 is 28.6 Å². The molecule has 2 N–H and O–H groups in total. The van der Waals surface area contributed by atoms with Gasteiger partial charge in [0.2, 0.25) is 6.79 Å². The number of hydrogen-bond donors (Lipinski definition) is 2. The fraction of sp³-hybridized carbons (Fsp3) is 0.192. The summed E-state index contributed by atoms with van der Waals surface area (Å²) >= 11 is 0. The number of rotatable bonds is 6. The Kier molecular flexibility index (Phi) is 5.52. The maximum atomic E-state index is 13.3. The van der Waals surface area contributed by atoms with Crippen LogP contribution >= 0.6 is 0 Å². The van der Waals surface area contributed by atoms with E-state index in [4.69, 9.17) is 14.2 Å². The number of methoxy groups -OCH3 is 1. The molecule has 3 aromatic rings. The van der Waals surface area contributed by atoms with Crippen LogP contribution in [0.15, 0.2) is 66.7 Å². The number of benzene rings is 3. The lowest BCUT2D eigenvalue weighted by atomic mass is 9.91. The Morgan fingerprint density at radius 3 is 2.46 bits per heavy atom. The molecule has 3 aromatic carbocycles. The van der Waals surface area contributed by atoms with Gasteiger partial charge in [0.05, 0.1) is 13.7 Å². The number of nitrogens with zero attached hydrogens (tertiary/aromatic N) is 1. The molecule has 1 fully saturated rings. The average Bonchev–Trinajstić information content (AvgIpc) is 3.43. The minimum Gasteiger partial charge on any atom is -0.497 e. The fourth-order valence-electron chi connectivity index (χ4n) is 4.07. The van der Waals surface area contributed by atoms with Crippen LogP contribution in [0.5, 0.6) is 17.2 Å². The Bertz CT molecular complexity index is 1310. The van der Waals surface area contributed by atoms with E-state index in [0.717, 1.165) is 4.90 Å². The molecule has 1 saturated heterocycles. The van der Waals surface area contributed by atoms with E-state index >= 15 is 0 Å². The van der Waals surface area contributed by atoms with Crippen molar-refractivity contribution in [2.24, 2.45) is 0 Å². The molecule has 2 aliphatic rings. The second-order valence-electron chi connectivity index (χ2n) is 8.39. The first-order valence-corrected chi connectivity index (χ1v) is 11.0. The van der Waals surface area contributed by atoms with Gasteiger partial charge in [0.1, 0.15) is 11.3 Å². The second-order valence-corrected chi connectivity index (χ2v) is 8.39. The van der Waals surface area contributed by atoms with Gasteiger partial charge in [0.25, 0.3) is 11.8 Å². The lowest BCUT2D eigenvalue weighted by molar-refractivity contribution is -0.131. The highest BCUT2D eigenvalue weighted by Gasteiger charge is 2.49. The maximum absolute atomic E-state index is 13.3. The molecule has 0 unspecified atom stereocenters. The Labute approximate surface area is 201 Å². The van der Waals surface area contributed by atoms with E-state index in [1.165, 1.54) is 0 Å². The van der Waals surface area contributed by atoms with Crippen molar-refractivity contribution in [2.45, 2.75) is 19.0 Å². The van der Waals surface area contributed by atoms with E-state index in [0.29, 0.717) is 39.6 Å². The predicted molar refractivity (Wildman–Crippen MR) is 126 cm³/mol. The standard InChI is InChI=1S/C26H23N3O6/c1-26(18-7-12-21-22(13-18)35-15-34-21)24(31)29(25(32)28-26)14-16-3-5-17(6-4-16)23(30)27-19-8-10-20(33-2)11-9-19/h3-13H,14-15H2,1-2H3,(H,27,30)(H,28,32)/t26-/m1/s1. The largest absolute Gasteiger partial charge is 0.497 e. The van der Waals surface area contributed by atoms with E-state index in [1.807, 2.05) is 0 Å². The summed E-state index contributed by atoms with van der Waals surface area (Å²) in [6.45, 7) is 1.86. The molecule has 1 atom stereocenters. The Hall–Kier alpha value is -4.53. The third-order valence-electron chi connectivity index (χ3n) is 6.13. The van der Waals surface area contributed by atoms with Gasteiger partial charge in [-0.25, -0.2) is 4.79 Å². The quantitative estimate of drug-likeness (QED) is 0.530. The molecule has 9 heteroatoms. The SMILES string of the molecule is COc1ccc(NC(=O)c2ccc(CN3C(=O)N[C@](C)(c4ccc5c(c4)OCO5)C3=O)cc2)cc1. The molecule has 4 amide bonds. The van der Waals surface area contributed by atoms with Crippen LogP contribution in [0.2, 0.25) is 0 Å². The first-order chi connectivity index (χ1) is 16.9. The number of urea groups is 1. The zero-order chi connectivity index (χ0) is 24.6. The van der Waals surface area contributed by atoms with Crippen LogP contribution in [-0.4, -0.2) is 36.6 Å². The summed E-state index contributed by atoms with van der Waals surface area (Å²) in [4.78, 5) is 39.7. The molecular formula is C26H23N3O6. The number of imide groups is 1. The number of ether oxygens (including phenoxy) is 3. The van der Waals surface area contributed by atoms with Gasteiger partial charge in [-0.05, 0) is 66.6 Å². The van der Waals surface area contributed by atoms with Crippen LogP contribution in [-0.2, 0) is 16.9 Å². The van der Waals surface area contributed by atoms with Crippen LogP contribution in [0.4, 0.5) is 10.5 Å². The molecule has 9 nitrogen and oxygen atoms in total. The molecule has 0 radical (unpaired) electrons. The number of anilines is 1. The molecule has 0 aromatic heterocycles. The number of hydrogen-bond acceptors (Lipinski definition) is 6. The lowest BCUT2D eigenvalue weighted by Crippen LogP contribution is -2.40. The number of amides is 4. The predicted octanol–water partition coefficient (Wildman–Crippen LogP) is 3.64. The van der Waals surface area contributed by atoms with Crippen molar-refractivity contribution in [1.29, 1.82) is 0 Å². The van der Waals surface area contributed by atoms with Crippen molar-refractivity contribution >= 4 is 23.5 Å². The Morgan fingerprint density at radius 1 is 1.03 bits per heavy atom. The average molecular weight is 473 g/mol. The molecule has 0 saturated carbocycles. The van der Waals surface area contributed by atoms with Crippen LogP contribution < -0.4 is 24.8 Å². The first kappa shape index (κ1) is 22.3. The van der Waals surface area contributed by atoms with Crippen molar-refractivity contribution in [3.8, 4) is 17.2 Å². The summed E-state index contributed by atoms with van der Waals surface area (Å²) in [6, 6.07) is 18.5. The van der Waals surface area contributed by atoms with Gasteiger partial charge < -0.3 is 24.8 Å². The van der Waals surface area contributed by atoms with Gasteiger partial charge in [0, 0.05) is 11.3 Å². The van der Waals surface area contributed by atoms with E-state index in [1.54, 1.807) is 80.8 Å². The van der Waals surface area contributed by atoms with E-state index in [-0.39, 0.29) is 25.2 Å². The van der Waals surface area contributed by atoms with Crippen LogP contribution in [0.1, 0.15) is 28.4 Å². The van der Waals surface area contributed by atoms with Gasteiger partial charge in [-0.15, -0.1) is 0 Å². The molecule has 0 bridgehead atoms. The smallest absolute Gasteiger partial charge is 0.325 e. The van der Waals surface area contributed by atoms with Crippen LogP contribution in [0, 0.1) is 0 Å². The summed E-state index contributed by atoms with van der Waals surface area (Å²) in [5, 5.41) is 5.61. The summed E-state index contributed by atoms with van der Waals surface area (Å²) in [7, 11) is 1.58. The number of nitrogens with one attached hydrogen (secondary N) is 2. The topological polar surface area (TPSA) is 106 Å². The Morgan fingerprint density at radius 2 is 1.74 bits per heavy atom. The van der Waals surface area contributed by atoms with Crippen molar-refractivity contribution in [3.05, 3.63) is 83.4 Å². The molecule has 35 heavy (non-hydrogen) atoms. The third kappa shape index (κ3) is 4.12. The Balaban J connectivity index is 1.27. The zero-order valence-corrected chi connectivity index (χ0v) is 19.2. The van der Waals surface area contributed by atoms with Crippen molar-refractivity contribution in [2.75, 3.05) is 19.2 Å². The first-order valence-electron chi connectivity index (χ1n) is 11.0. The van der Waals surface area contributed by atoms with Gasteiger partial charge in [-0.2, -0.15) is 0 Å². The molecule has 0 spiro atoms. The maximum Gasteiger partial charge on any atom is 0.325 e.